The molecule has 2 rings (SSSR count). The van der Waals surface area contributed by atoms with Crippen LogP contribution >= 0.6 is 0 Å². The van der Waals surface area contributed by atoms with Crippen LogP contribution in [0.2, 0.25) is 0 Å². The number of hydrogen-bond acceptors (Lipinski definition) is 4. The molecule has 0 radical (unpaired) electrons. The summed E-state index contributed by atoms with van der Waals surface area (Å²) in [6, 6.07) is 1.90. The first-order valence-electron chi connectivity index (χ1n) is 4.39. The van der Waals surface area contributed by atoms with Crippen LogP contribution in [-0.2, 0) is 13.6 Å². The summed E-state index contributed by atoms with van der Waals surface area (Å²) < 4.78 is 6.86. The third kappa shape index (κ3) is 1.76. The second kappa shape index (κ2) is 3.53. The van der Waals surface area contributed by atoms with E-state index >= 15 is 0 Å². The molecule has 74 valence electrons. The van der Waals surface area contributed by atoms with Gasteiger partial charge in [-0.05, 0) is 6.92 Å². The summed E-state index contributed by atoms with van der Waals surface area (Å²) in [5.41, 5.74) is 0.880. The van der Waals surface area contributed by atoms with Crippen molar-refractivity contribution in [2.45, 2.75) is 13.5 Å². The van der Waals surface area contributed by atoms with Gasteiger partial charge in [0.1, 0.15) is 11.5 Å². The first-order valence-corrected chi connectivity index (χ1v) is 4.39. The normalized spacial score (nSPS) is 10.4. The zero-order valence-electron chi connectivity index (χ0n) is 8.19. The average molecular weight is 192 g/mol. The van der Waals surface area contributed by atoms with E-state index in [-0.39, 0.29) is 0 Å². The number of rotatable bonds is 3. The molecule has 0 spiro atoms. The van der Waals surface area contributed by atoms with Crippen molar-refractivity contribution in [3.05, 3.63) is 29.9 Å². The van der Waals surface area contributed by atoms with Crippen LogP contribution in [0.15, 0.2) is 23.0 Å². The van der Waals surface area contributed by atoms with E-state index in [1.807, 2.05) is 30.8 Å². The lowest BCUT2D eigenvalue weighted by Gasteiger charge is -2.02. The van der Waals surface area contributed by atoms with Gasteiger partial charge in [-0.1, -0.05) is 5.16 Å². The van der Waals surface area contributed by atoms with Gasteiger partial charge in [-0.2, -0.15) is 0 Å². The van der Waals surface area contributed by atoms with Crippen LogP contribution in [0, 0.1) is 6.92 Å². The number of anilines is 1. The van der Waals surface area contributed by atoms with Gasteiger partial charge in [0.2, 0.25) is 5.95 Å². The lowest BCUT2D eigenvalue weighted by atomic mass is 10.4. The molecule has 2 aromatic heterocycles. The molecule has 0 bridgehead atoms. The van der Waals surface area contributed by atoms with Crippen molar-refractivity contribution in [1.29, 1.82) is 0 Å². The van der Waals surface area contributed by atoms with Crippen molar-refractivity contribution < 1.29 is 4.52 Å². The largest absolute Gasteiger partial charge is 0.361 e. The van der Waals surface area contributed by atoms with Crippen molar-refractivity contribution in [3.63, 3.8) is 0 Å². The SMILES string of the molecule is Cc1cc(CNc2nccn2C)no1. The quantitative estimate of drug-likeness (QED) is 0.797. The number of aryl methyl sites for hydroxylation is 2. The molecule has 0 fully saturated rings. The van der Waals surface area contributed by atoms with Gasteiger partial charge in [0.25, 0.3) is 0 Å². The molecule has 0 aliphatic rings. The summed E-state index contributed by atoms with van der Waals surface area (Å²) in [6.07, 6.45) is 3.63. The van der Waals surface area contributed by atoms with Crippen molar-refractivity contribution in [3.8, 4) is 0 Å². The van der Waals surface area contributed by atoms with E-state index in [9.17, 15) is 0 Å². The van der Waals surface area contributed by atoms with Crippen LogP contribution in [0.1, 0.15) is 11.5 Å². The third-order valence-electron chi connectivity index (χ3n) is 1.93. The van der Waals surface area contributed by atoms with E-state index in [0.717, 1.165) is 17.4 Å². The highest BCUT2D eigenvalue weighted by molar-refractivity contribution is 5.26. The topological polar surface area (TPSA) is 55.9 Å². The molecule has 0 aliphatic heterocycles. The molecule has 2 heterocycles. The number of imidazole rings is 1. The van der Waals surface area contributed by atoms with Crippen LogP contribution in [0.25, 0.3) is 0 Å². The monoisotopic (exact) mass is 192 g/mol. The Morgan fingerprint density at radius 3 is 3.00 bits per heavy atom. The number of nitrogens with one attached hydrogen (secondary N) is 1. The molecule has 5 heteroatoms. The van der Waals surface area contributed by atoms with E-state index < -0.39 is 0 Å². The minimum Gasteiger partial charge on any atom is -0.361 e. The Kier molecular flexibility index (Phi) is 2.22. The maximum absolute atomic E-state index is 4.95. The summed E-state index contributed by atoms with van der Waals surface area (Å²) in [4.78, 5) is 4.13. The minimum atomic E-state index is 0.627. The minimum absolute atomic E-state index is 0.627. The fourth-order valence-corrected chi connectivity index (χ4v) is 1.21. The Morgan fingerprint density at radius 2 is 2.43 bits per heavy atom. The standard InChI is InChI=1S/C9H12N4O/c1-7-5-8(12-14-7)6-11-9-10-3-4-13(9)2/h3-5H,6H2,1-2H3,(H,10,11). The Hall–Kier alpha value is -1.78. The van der Waals surface area contributed by atoms with Crippen LogP contribution in [0.4, 0.5) is 5.95 Å². The molecule has 0 saturated carbocycles. The molecule has 0 amide bonds. The van der Waals surface area contributed by atoms with Crippen molar-refractivity contribution in [2.75, 3.05) is 5.32 Å². The van der Waals surface area contributed by atoms with E-state index in [1.165, 1.54) is 0 Å². The van der Waals surface area contributed by atoms with Crippen molar-refractivity contribution in [1.82, 2.24) is 14.7 Å². The Balaban J connectivity index is 1.98. The van der Waals surface area contributed by atoms with E-state index in [1.54, 1.807) is 6.20 Å². The fourth-order valence-electron chi connectivity index (χ4n) is 1.21. The van der Waals surface area contributed by atoms with Crippen LogP contribution in [0.5, 0.6) is 0 Å². The molecule has 0 unspecified atom stereocenters. The highest BCUT2D eigenvalue weighted by Gasteiger charge is 2.01. The van der Waals surface area contributed by atoms with E-state index in [2.05, 4.69) is 15.5 Å². The van der Waals surface area contributed by atoms with Gasteiger partial charge in [0, 0.05) is 25.5 Å². The summed E-state index contributed by atoms with van der Waals surface area (Å²) in [5, 5.41) is 7.02. The lowest BCUT2D eigenvalue weighted by Crippen LogP contribution is -2.04. The summed E-state index contributed by atoms with van der Waals surface area (Å²) in [7, 11) is 1.93. The number of hydrogen-bond donors (Lipinski definition) is 1. The maximum Gasteiger partial charge on any atom is 0.202 e. The van der Waals surface area contributed by atoms with Gasteiger partial charge in [-0.3, -0.25) is 0 Å². The predicted molar refractivity (Wildman–Crippen MR) is 51.8 cm³/mol. The highest BCUT2D eigenvalue weighted by Crippen LogP contribution is 2.05. The van der Waals surface area contributed by atoms with Gasteiger partial charge < -0.3 is 14.4 Å². The predicted octanol–water partition coefficient (Wildman–Crippen LogP) is 1.33. The van der Waals surface area contributed by atoms with Gasteiger partial charge in [0.05, 0.1) is 6.54 Å². The van der Waals surface area contributed by atoms with E-state index in [4.69, 9.17) is 4.52 Å². The molecule has 0 saturated heterocycles. The Morgan fingerprint density at radius 1 is 1.57 bits per heavy atom. The van der Waals surface area contributed by atoms with Crippen LogP contribution < -0.4 is 5.32 Å². The van der Waals surface area contributed by atoms with Gasteiger partial charge in [-0.25, -0.2) is 4.98 Å². The average Bonchev–Trinajstić information content (AvgIpc) is 2.72. The van der Waals surface area contributed by atoms with Crippen LogP contribution in [0.3, 0.4) is 0 Å². The molecule has 0 aromatic carbocycles. The molecule has 1 N–H and O–H groups in total. The smallest absolute Gasteiger partial charge is 0.202 e. The molecular formula is C9H12N4O. The number of aromatic nitrogens is 3. The Labute approximate surface area is 81.7 Å². The number of nitrogens with zero attached hydrogens (tertiary/aromatic N) is 3. The zero-order chi connectivity index (χ0) is 9.97. The molecular weight excluding hydrogens is 180 g/mol. The van der Waals surface area contributed by atoms with E-state index in [0.29, 0.717) is 6.54 Å². The summed E-state index contributed by atoms with van der Waals surface area (Å²) in [5.74, 6) is 1.65. The lowest BCUT2D eigenvalue weighted by molar-refractivity contribution is 0.391. The van der Waals surface area contributed by atoms with Gasteiger partial charge in [0.15, 0.2) is 0 Å². The molecule has 2 aromatic rings. The fraction of sp³-hybridized carbons (Fsp3) is 0.333. The first-order chi connectivity index (χ1) is 6.75. The summed E-state index contributed by atoms with van der Waals surface area (Å²) in [6.45, 7) is 2.50. The van der Waals surface area contributed by atoms with Crippen LogP contribution in [-0.4, -0.2) is 14.7 Å². The molecule has 14 heavy (non-hydrogen) atoms. The van der Waals surface area contributed by atoms with Crippen molar-refractivity contribution in [2.24, 2.45) is 7.05 Å². The highest BCUT2D eigenvalue weighted by atomic mass is 16.5. The van der Waals surface area contributed by atoms with Gasteiger partial charge >= 0.3 is 0 Å². The zero-order valence-corrected chi connectivity index (χ0v) is 8.19. The molecule has 5 nitrogen and oxygen atoms in total. The second-order valence-corrected chi connectivity index (χ2v) is 3.14. The molecule has 0 aliphatic carbocycles. The first kappa shape index (κ1) is 8.80. The Bertz CT molecular complexity index is 418. The summed E-state index contributed by atoms with van der Waals surface area (Å²) >= 11 is 0. The maximum atomic E-state index is 4.95. The van der Waals surface area contributed by atoms with Crippen molar-refractivity contribution >= 4 is 5.95 Å². The third-order valence-corrected chi connectivity index (χ3v) is 1.93. The molecule has 0 atom stereocenters. The van der Waals surface area contributed by atoms with Gasteiger partial charge in [-0.15, -0.1) is 0 Å². The second-order valence-electron chi connectivity index (χ2n) is 3.14.